The Morgan fingerprint density at radius 3 is 2.91 bits per heavy atom. The van der Waals surface area contributed by atoms with Gasteiger partial charge in [-0.05, 0) is 11.5 Å². The molecule has 1 saturated heterocycles. The quantitative estimate of drug-likeness (QED) is 0.830. The summed E-state index contributed by atoms with van der Waals surface area (Å²) in [5.41, 5.74) is 1.03. The van der Waals surface area contributed by atoms with E-state index in [2.05, 4.69) is 23.5 Å². The molecule has 1 fully saturated rings. The van der Waals surface area contributed by atoms with Crippen LogP contribution in [0, 0.1) is 0 Å². The highest BCUT2D eigenvalue weighted by Crippen LogP contribution is 2.22. The van der Waals surface area contributed by atoms with Crippen molar-refractivity contribution >= 4 is 22.4 Å². The SMILES string of the molecule is O=C(CCNc1cccc2ccccc12)OCC1COCCO1. The van der Waals surface area contributed by atoms with Gasteiger partial charge in [-0.3, -0.25) is 4.79 Å². The van der Waals surface area contributed by atoms with E-state index in [0.717, 1.165) is 11.1 Å². The molecule has 122 valence electrons. The van der Waals surface area contributed by atoms with Crippen molar-refractivity contribution < 1.29 is 19.0 Å². The molecule has 5 nitrogen and oxygen atoms in total. The van der Waals surface area contributed by atoms with E-state index in [0.29, 0.717) is 32.8 Å². The molecular formula is C18H21NO4. The van der Waals surface area contributed by atoms with Crippen molar-refractivity contribution in [2.24, 2.45) is 0 Å². The van der Waals surface area contributed by atoms with E-state index in [1.807, 2.05) is 24.3 Å². The number of esters is 1. The van der Waals surface area contributed by atoms with Crippen LogP contribution in [0.1, 0.15) is 6.42 Å². The molecule has 1 heterocycles. The number of fused-ring (bicyclic) bond motifs is 1. The fourth-order valence-electron chi connectivity index (χ4n) is 2.57. The number of carbonyl (C=O) groups is 1. The van der Waals surface area contributed by atoms with Gasteiger partial charge in [0.1, 0.15) is 12.7 Å². The summed E-state index contributed by atoms with van der Waals surface area (Å²) in [6.45, 7) is 2.45. The summed E-state index contributed by atoms with van der Waals surface area (Å²) < 4.78 is 15.9. The second-order valence-electron chi connectivity index (χ2n) is 5.45. The smallest absolute Gasteiger partial charge is 0.307 e. The molecule has 1 aliphatic heterocycles. The van der Waals surface area contributed by atoms with E-state index in [9.17, 15) is 4.79 Å². The van der Waals surface area contributed by atoms with Crippen LogP contribution in [0.5, 0.6) is 0 Å². The summed E-state index contributed by atoms with van der Waals surface area (Å²) in [7, 11) is 0. The minimum Gasteiger partial charge on any atom is -0.463 e. The largest absolute Gasteiger partial charge is 0.463 e. The zero-order chi connectivity index (χ0) is 15.9. The van der Waals surface area contributed by atoms with Gasteiger partial charge in [-0.15, -0.1) is 0 Å². The standard InChI is InChI=1S/C18H21NO4/c20-18(23-13-15-12-21-10-11-22-15)8-9-19-17-7-3-5-14-4-1-2-6-16(14)17/h1-7,15,19H,8-13H2. The average Bonchev–Trinajstić information content (AvgIpc) is 2.61. The number of benzene rings is 2. The van der Waals surface area contributed by atoms with Crippen LogP contribution in [-0.2, 0) is 19.0 Å². The first-order chi connectivity index (χ1) is 11.3. The third-order valence-corrected chi connectivity index (χ3v) is 3.75. The molecule has 1 atom stereocenters. The van der Waals surface area contributed by atoms with Crippen LogP contribution in [0.2, 0.25) is 0 Å². The van der Waals surface area contributed by atoms with E-state index in [1.165, 1.54) is 5.39 Å². The number of hydrogen-bond donors (Lipinski definition) is 1. The summed E-state index contributed by atoms with van der Waals surface area (Å²) in [5.74, 6) is -0.230. The highest BCUT2D eigenvalue weighted by molar-refractivity contribution is 5.93. The lowest BCUT2D eigenvalue weighted by Crippen LogP contribution is -2.33. The van der Waals surface area contributed by atoms with Gasteiger partial charge >= 0.3 is 5.97 Å². The lowest BCUT2D eigenvalue weighted by atomic mass is 10.1. The van der Waals surface area contributed by atoms with Crippen molar-refractivity contribution in [1.29, 1.82) is 0 Å². The summed E-state index contributed by atoms with van der Waals surface area (Å²) in [6, 6.07) is 14.2. The molecule has 0 aliphatic carbocycles. The molecule has 0 saturated carbocycles. The number of hydrogen-bond acceptors (Lipinski definition) is 5. The minimum absolute atomic E-state index is 0.140. The van der Waals surface area contributed by atoms with Crippen LogP contribution >= 0.6 is 0 Å². The lowest BCUT2D eigenvalue weighted by molar-refractivity contribution is -0.155. The highest BCUT2D eigenvalue weighted by Gasteiger charge is 2.16. The van der Waals surface area contributed by atoms with Crippen LogP contribution in [0.3, 0.4) is 0 Å². The summed E-state index contributed by atoms with van der Waals surface area (Å²) >= 11 is 0. The molecule has 0 bridgehead atoms. The van der Waals surface area contributed by atoms with Crippen LogP contribution in [0.25, 0.3) is 10.8 Å². The van der Waals surface area contributed by atoms with Gasteiger partial charge in [0.25, 0.3) is 0 Å². The van der Waals surface area contributed by atoms with E-state index < -0.39 is 0 Å². The Morgan fingerprint density at radius 1 is 1.17 bits per heavy atom. The number of rotatable bonds is 6. The van der Waals surface area contributed by atoms with E-state index in [1.54, 1.807) is 0 Å². The van der Waals surface area contributed by atoms with Crippen molar-refractivity contribution in [3.8, 4) is 0 Å². The third kappa shape index (κ3) is 4.43. The Hall–Kier alpha value is -2.11. The van der Waals surface area contributed by atoms with Gasteiger partial charge in [0.2, 0.25) is 0 Å². The molecule has 0 aromatic heterocycles. The molecule has 1 unspecified atom stereocenters. The number of ether oxygens (including phenoxy) is 3. The Kier molecular flexibility index (Phi) is 5.45. The van der Waals surface area contributed by atoms with Gasteiger partial charge in [0, 0.05) is 17.6 Å². The van der Waals surface area contributed by atoms with Crippen molar-refractivity contribution in [2.45, 2.75) is 12.5 Å². The lowest BCUT2D eigenvalue weighted by Gasteiger charge is -2.22. The first kappa shape index (κ1) is 15.8. The summed E-state index contributed by atoms with van der Waals surface area (Å²) in [5, 5.41) is 5.62. The molecular weight excluding hydrogens is 294 g/mol. The molecule has 0 amide bonds. The van der Waals surface area contributed by atoms with E-state index in [4.69, 9.17) is 14.2 Å². The first-order valence-electron chi connectivity index (χ1n) is 7.89. The predicted molar refractivity (Wildman–Crippen MR) is 88.6 cm³/mol. The maximum atomic E-state index is 11.8. The minimum atomic E-state index is -0.230. The monoisotopic (exact) mass is 315 g/mol. The van der Waals surface area contributed by atoms with Crippen LogP contribution in [-0.4, -0.2) is 45.0 Å². The van der Waals surface area contributed by atoms with E-state index >= 15 is 0 Å². The second-order valence-corrected chi connectivity index (χ2v) is 5.45. The van der Waals surface area contributed by atoms with Gasteiger partial charge in [0.15, 0.2) is 0 Å². The van der Waals surface area contributed by atoms with Crippen LogP contribution < -0.4 is 5.32 Å². The van der Waals surface area contributed by atoms with Crippen molar-refractivity contribution in [3.63, 3.8) is 0 Å². The zero-order valence-corrected chi connectivity index (χ0v) is 13.0. The van der Waals surface area contributed by atoms with Crippen LogP contribution in [0.15, 0.2) is 42.5 Å². The molecule has 1 N–H and O–H groups in total. The predicted octanol–water partition coefficient (Wildman–Crippen LogP) is 2.60. The fourth-order valence-corrected chi connectivity index (χ4v) is 2.57. The van der Waals surface area contributed by atoms with Crippen molar-refractivity contribution in [3.05, 3.63) is 42.5 Å². The maximum Gasteiger partial charge on any atom is 0.307 e. The molecule has 2 aromatic rings. The van der Waals surface area contributed by atoms with Crippen LogP contribution in [0.4, 0.5) is 5.69 Å². The summed E-state index contributed by atoms with van der Waals surface area (Å²) in [4.78, 5) is 11.8. The molecule has 0 radical (unpaired) electrons. The highest BCUT2D eigenvalue weighted by atomic mass is 16.6. The van der Waals surface area contributed by atoms with Gasteiger partial charge in [-0.1, -0.05) is 36.4 Å². The van der Waals surface area contributed by atoms with Crippen molar-refractivity contribution in [1.82, 2.24) is 0 Å². The first-order valence-corrected chi connectivity index (χ1v) is 7.89. The van der Waals surface area contributed by atoms with Crippen molar-refractivity contribution in [2.75, 3.05) is 38.3 Å². The normalized spacial score (nSPS) is 17.8. The molecule has 23 heavy (non-hydrogen) atoms. The second kappa shape index (κ2) is 7.94. The Balaban J connectivity index is 1.44. The Bertz CT molecular complexity index is 647. The molecule has 5 heteroatoms. The number of nitrogens with one attached hydrogen (secondary N) is 1. The topological polar surface area (TPSA) is 56.8 Å². The Morgan fingerprint density at radius 2 is 2.04 bits per heavy atom. The van der Waals surface area contributed by atoms with Gasteiger partial charge in [-0.25, -0.2) is 0 Å². The van der Waals surface area contributed by atoms with E-state index in [-0.39, 0.29) is 18.7 Å². The number of anilines is 1. The van der Waals surface area contributed by atoms with Gasteiger partial charge < -0.3 is 19.5 Å². The molecule has 0 spiro atoms. The zero-order valence-electron chi connectivity index (χ0n) is 13.0. The average molecular weight is 315 g/mol. The maximum absolute atomic E-state index is 11.8. The Labute approximate surface area is 135 Å². The molecule has 3 rings (SSSR count). The molecule has 2 aromatic carbocycles. The van der Waals surface area contributed by atoms with Gasteiger partial charge in [-0.2, -0.15) is 0 Å². The van der Waals surface area contributed by atoms with Gasteiger partial charge in [0.05, 0.1) is 26.2 Å². The molecule has 1 aliphatic rings. The summed E-state index contributed by atoms with van der Waals surface area (Å²) in [6.07, 6.45) is 0.176. The fraction of sp³-hybridized carbons (Fsp3) is 0.389. The number of carbonyl (C=O) groups excluding carboxylic acids is 1. The third-order valence-electron chi connectivity index (χ3n) is 3.75.